The Bertz CT molecular complexity index is 1160. The van der Waals surface area contributed by atoms with Crippen molar-refractivity contribution in [1.82, 2.24) is 20.5 Å². The van der Waals surface area contributed by atoms with Crippen LogP contribution in [0.2, 0.25) is 0 Å². The molecule has 0 saturated carbocycles. The Hall–Kier alpha value is -3.66. The first kappa shape index (κ1) is 21.2. The number of rotatable bonds is 4. The lowest BCUT2D eigenvalue weighted by molar-refractivity contribution is -0.136. The van der Waals surface area contributed by atoms with E-state index in [2.05, 4.69) is 15.6 Å². The monoisotopic (exact) mass is 451 g/mol. The van der Waals surface area contributed by atoms with Gasteiger partial charge < -0.3 is 15.1 Å². The number of Topliss-reactive ketones (excluding diaryl/α,β-unsaturated/α-hetero) is 1. The highest BCUT2D eigenvalue weighted by Gasteiger charge is 2.40. The topological polar surface area (TPSA) is 112 Å². The summed E-state index contributed by atoms with van der Waals surface area (Å²) >= 11 is 0. The number of nitrogens with zero attached hydrogens (tertiary/aromatic N) is 3. The lowest BCUT2D eigenvalue weighted by atomic mass is 10.00. The molecular weight excluding hydrogens is 429 g/mol. The lowest BCUT2D eigenvalue weighted by Crippen LogP contribution is -2.55. The second-order valence-electron chi connectivity index (χ2n) is 8.37. The number of piperazine rings is 1. The van der Waals surface area contributed by atoms with Crippen molar-refractivity contribution >= 4 is 29.2 Å². The number of piperidine rings is 1. The van der Waals surface area contributed by atoms with E-state index in [9.17, 15) is 19.2 Å². The predicted molar refractivity (Wildman–Crippen MR) is 115 cm³/mol. The number of hydrogen-bond donors (Lipinski definition) is 2. The largest absolute Gasteiger partial charge is 0.356 e. The standard InChI is InChI=1S/C23H22FN5O4/c24-16-10-15-14(12-29(23(15)33)17-1-2-20(30)27-22(17)32)9-18(16)28-8-7-26-11-19(28)21(31)13-3-5-25-6-4-13/h3-6,9-10,17,19,26H,1-2,7-8,11-12H2,(H,27,30,32). The fraction of sp³-hybridized carbons (Fsp3) is 0.348. The lowest BCUT2D eigenvalue weighted by Gasteiger charge is -2.37. The first-order valence-corrected chi connectivity index (χ1v) is 10.8. The maximum absolute atomic E-state index is 15.3. The molecule has 1 aromatic carbocycles. The fourth-order valence-electron chi connectivity index (χ4n) is 4.73. The van der Waals surface area contributed by atoms with Crippen LogP contribution in [0.4, 0.5) is 10.1 Å². The summed E-state index contributed by atoms with van der Waals surface area (Å²) in [5.74, 6) is -2.06. The summed E-state index contributed by atoms with van der Waals surface area (Å²) in [5, 5.41) is 5.45. The molecule has 2 atom stereocenters. The van der Waals surface area contributed by atoms with Crippen LogP contribution >= 0.6 is 0 Å². The van der Waals surface area contributed by atoms with Crippen LogP contribution in [0.3, 0.4) is 0 Å². The van der Waals surface area contributed by atoms with Crippen LogP contribution in [0.25, 0.3) is 0 Å². The van der Waals surface area contributed by atoms with E-state index in [1.54, 1.807) is 35.5 Å². The Balaban J connectivity index is 1.44. The number of benzene rings is 1. The van der Waals surface area contributed by atoms with Crippen molar-refractivity contribution in [1.29, 1.82) is 0 Å². The SMILES string of the molecule is O=C1CCC(N2Cc3cc(N4CCNCC4C(=O)c4ccncc4)c(F)cc3C2=O)C(=O)N1. The number of carbonyl (C=O) groups is 4. The first-order valence-electron chi connectivity index (χ1n) is 10.8. The summed E-state index contributed by atoms with van der Waals surface area (Å²) in [7, 11) is 0. The molecule has 2 unspecified atom stereocenters. The number of imide groups is 1. The Kier molecular flexibility index (Phi) is 5.37. The molecule has 10 heteroatoms. The van der Waals surface area contributed by atoms with E-state index in [4.69, 9.17) is 0 Å². The third-order valence-corrected chi connectivity index (χ3v) is 6.41. The Morgan fingerprint density at radius 3 is 2.67 bits per heavy atom. The van der Waals surface area contributed by atoms with E-state index >= 15 is 4.39 Å². The van der Waals surface area contributed by atoms with Gasteiger partial charge in [0.05, 0.1) is 5.69 Å². The normalized spacial score (nSPS) is 22.9. The van der Waals surface area contributed by atoms with Crippen LogP contribution in [-0.2, 0) is 16.1 Å². The minimum Gasteiger partial charge on any atom is -0.356 e. The average Bonchev–Trinajstić information content (AvgIpc) is 3.14. The fourth-order valence-corrected chi connectivity index (χ4v) is 4.73. The number of aromatic nitrogens is 1. The number of anilines is 1. The third kappa shape index (κ3) is 3.76. The number of ketones is 1. The Morgan fingerprint density at radius 1 is 1.12 bits per heavy atom. The highest BCUT2D eigenvalue weighted by Crippen LogP contribution is 2.33. The van der Waals surface area contributed by atoms with Gasteiger partial charge in [-0.1, -0.05) is 0 Å². The van der Waals surface area contributed by atoms with Crippen LogP contribution < -0.4 is 15.5 Å². The van der Waals surface area contributed by atoms with Gasteiger partial charge in [-0.05, 0) is 36.2 Å². The molecule has 4 heterocycles. The maximum Gasteiger partial charge on any atom is 0.255 e. The van der Waals surface area contributed by atoms with Crippen molar-refractivity contribution in [3.8, 4) is 0 Å². The molecule has 0 bridgehead atoms. The number of amides is 3. The van der Waals surface area contributed by atoms with Crippen molar-refractivity contribution in [2.45, 2.75) is 31.5 Å². The van der Waals surface area contributed by atoms with Crippen LogP contribution in [0, 0.1) is 5.82 Å². The van der Waals surface area contributed by atoms with E-state index in [1.165, 1.54) is 11.0 Å². The van der Waals surface area contributed by atoms with E-state index < -0.39 is 29.7 Å². The van der Waals surface area contributed by atoms with Crippen molar-refractivity contribution in [3.63, 3.8) is 0 Å². The average molecular weight is 451 g/mol. The summed E-state index contributed by atoms with van der Waals surface area (Å²) in [4.78, 5) is 56.8. The maximum atomic E-state index is 15.3. The molecule has 9 nitrogen and oxygen atoms in total. The Morgan fingerprint density at radius 2 is 1.91 bits per heavy atom. The molecule has 0 spiro atoms. The van der Waals surface area contributed by atoms with Gasteiger partial charge >= 0.3 is 0 Å². The van der Waals surface area contributed by atoms with Gasteiger partial charge in [0, 0.05) is 56.1 Å². The highest BCUT2D eigenvalue weighted by atomic mass is 19.1. The van der Waals surface area contributed by atoms with E-state index in [0.29, 0.717) is 30.8 Å². The second-order valence-corrected chi connectivity index (χ2v) is 8.37. The van der Waals surface area contributed by atoms with E-state index in [0.717, 1.165) is 0 Å². The zero-order chi connectivity index (χ0) is 23.1. The molecule has 2 fully saturated rings. The summed E-state index contributed by atoms with van der Waals surface area (Å²) in [6, 6.07) is 4.67. The van der Waals surface area contributed by atoms with Gasteiger partial charge in [0.25, 0.3) is 5.91 Å². The van der Waals surface area contributed by atoms with Gasteiger partial charge in [0.15, 0.2) is 5.78 Å². The minimum atomic E-state index is -0.769. The van der Waals surface area contributed by atoms with Gasteiger partial charge in [-0.25, -0.2) is 4.39 Å². The van der Waals surface area contributed by atoms with Crippen molar-refractivity contribution < 1.29 is 23.6 Å². The molecule has 170 valence electrons. The summed E-state index contributed by atoms with van der Waals surface area (Å²) in [6.45, 7) is 1.50. The molecule has 33 heavy (non-hydrogen) atoms. The highest BCUT2D eigenvalue weighted by molar-refractivity contribution is 6.06. The van der Waals surface area contributed by atoms with Crippen LogP contribution in [-0.4, -0.2) is 65.1 Å². The summed E-state index contributed by atoms with van der Waals surface area (Å²) < 4.78 is 15.3. The van der Waals surface area contributed by atoms with Gasteiger partial charge in [-0.15, -0.1) is 0 Å². The molecule has 2 aromatic rings. The summed E-state index contributed by atoms with van der Waals surface area (Å²) in [6.07, 6.45) is 3.47. The van der Waals surface area contributed by atoms with Gasteiger partial charge in [-0.3, -0.25) is 29.5 Å². The quantitative estimate of drug-likeness (QED) is 0.518. The van der Waals surface area contributed by atoms with Crippen molar-refractivity contribution in [2.24, 2.45) is 0 Å². The zero-order valence-electron chi connectivity index (χ0n) is 17.7. The minimum absolute atomic E-state index is 0.142. The molecule has 2 saturated heterocycles. The van der Waals surface area contributed by atoms with Gasteiger partial charge in [-0.2, -0.15) is 0 Å². The van der Waals surface area contributed by atoms with Crippen molar-refractivity contribution in [2.75, 3.05) is 24.5 Å². The zero-order valence-corrected chi connectivity index (χ0v) is 17.7. The van der Waals surface area contributed by atoms with E-state index in [1.807, 2.05) is 0 Å². The van der Waals surface area contributed by atoms with Crippen LogP contribution in [0.15, 0.2) is 36.7 Å². The van der Waals surface area contributed by atoms with Gasteiger partial charge in [0.2, 0.25) is 11.8 Å². The number of halogens is 1. The molecule has 5 rings (SSSR count). The van der Waals surface area contributed by atoms with Crippen LogP contribution in [0.5, 0.6) is 0 Å². The molecule has 1 aromatic heterocycles. The molecular formula is C23H22FN5O4. The first-order chi connectivity index (χ1) is 15.9. The number of hydrogen-bond acceptors (Lipinski definition) is 7. The number of carbonyl (C=O) groups excluding carboxylic acids is 4. The summed E-state index contributed by atoms with van der Waals surface area (Å²) in [5.41, 5.74) is 1.54. The number of fused-ring (bicyclic) bond motifs is 1. The smallest absolute Gasteiger partial charge is 0.255 e. The number of pyridine rings is 1. The van der Waals surface area contributed by atoms with Crippen molar-refractivity contribution in [3.05, 3.63) is 59.2 Å². The molecule has 3 aliphatic heterocycles. The molecule has 2 N–H and O–H groups in total. The van der Waals surface area contributed by atoms with E-state index in [-0.39, 0.29) is 42.3 Å². The predicted octanol–water partition coefficient (Wildman–Crippen LogP) is 0.643. The number of nitrogens with one attached hydrogen (secondary N) is 2. The van der Waals surface area contributed by atoms with Gasteiger partial charge in [0.1, 0.15) is 17.9 Å². The molecule has 3 aliphatic rings. The molecule has 3 amide bonds. The molecule has 0 aliphatic carbocycles. The Labute approximate surface area is 189 Å². The molecule has 0 radical (unpaired) electrons. The third-order valence-electron chi connectivity index (χ3n) is 6.41. The second kappa shape index (κ2) is 8.36. The van der Waals surface area contributed by atoms with Crippen LogP contribution in [0.1, 0.15) is 39.1 Å².